The second kappa shape index (κ2) is 3.53. The van der Waals surface area contributed by atoms with Crippen LogP contribution in [-0.2, 0) is 19.6 Å². The summed E-state index contributed by atoms with van der Waals surface area (Å²) in [5.41, 5.74) is 2.10. The Morgan fingerprint density at radius 2 is 2.27 bits per heavy atom. The first-order valence-electron chi connectivity index (χ1n) is 3.97. The third-order valence-corrected chi connectivity index (χ3v) is 1.84. The Morgan fingerprint density at radius 3 is 2.73 bits per heavy atom. The van der Waals surface area contributed by atoms with Crippen LogP contribution in [0.15, 0.2) is 6.20 Å². The van der Waals surface area contributed by atoms with E-state index in [2.05, 4.69) is 12.0 Å². The van der Waals surface area contributed by atoms with Crippen molar-refractivity contribution in [2.75, 3.05) is 0 Å². The molecule has 3 heteroatoms. The SMILES string of the molecule is CCc1c(CO)cnn1CC. The van der Waals surface area contributed by atoms with E-state index in [1.165, 1.54) is 0 Å². The van der Waals surface area contributed by atoms with Gasteiger partial charge in [0.25, 0.3) is 0 Å². The van der Waals surface area contributed by atoms with Crippen molar-refractivity contribution in [3.8, 4) is 0 Å². The summed E-state index contributed by atoms with van der Waals surface area (Å²) in [6.45, 7) is 5.10. The molecule has 3 nitrogen and oxygen atoms in total. The summed E-state index contributed by atoms with van der Waals surface area (Å²) in [5, 5.41) is 13.0. The highest BCUT2D eigenvalue weighted by Crippen LogP contribution is 2.08. The molecule has 1 rings (SSSR count). The van der Waals surface area contributed by atoms with E-state index >= 15 is 0 Å². The number of hydrogen-bond acceptors (Lipinski definition) is 2. The molecule has 0 spiro atoms. The molecule has 0 saturated heterocycles. The summed E-state index contributed by atoms with van der Waals surface area (Å²) in [6.07, 6.45) is 2.67. The molecule has 1 N–H and O–H groups in total. The van der Waals surface area contributed by atoms with Crippen LogP contribution in [0.25, 0.3) is 0 Å². The third kappa shape index (κ3) is 1.43. The van der Waals surface area contributed by atoms with Crippen molar-refractivity contribution in [1.82, 2.24) is 9.78 Å². The first-order chi connectivity index (χ1) is 5.33. The van der Waals surface area contributed by atoms with Gasteiger partial charge in [0.15, 0.2) is 0 Å². The molecular weight excluding hydrogens is 140 g/mol. The van der Waals surface area contributed by atoms with Crippen LogP contribution in [0.3, 0.4) is 0 Å². The molecule has 0 radical (unpaired) electrons. The lowest BCUT2D eigenvalue weighted by molar-refractivity contribution is 0.280. The Hall–Kier alpha value is -0.830. The van der Waals surface area contributed by atoms with E-state index in [1.807, 2.05) is 11.6 Å². The minimum absolute atomic E-state index is 0.100. The van der Waals surface area contributed by atoms with Gasteiger partial charge in [0.05, 0.1) is 12.8 Å². The molecule has 0 aliphatic rings. The molecule has 1 aromatic rings. The smallest absolute Gasteiger partial charge is 0.0715 e. The first-order valence-corrected chi connectivity index (χ1v) is 3.97. The van der Waals surface area contributed by atoms with Crippen LogP contribution in [0.2, 0.25) is 0 Å². The van der Waals surface area contributed by atoms with Crippen molar-refractivity contribution < 1.29 is 5.11 Å². The van der Waals surface area contributed by atoms with Gasteiger partial charge in [-0.1, -0.05) is 6.92 Å². The van der Waals surface area contributed by atoms with Gasteiger partial charge in [-0.3, -0.25) is 4.68 Å². The van der Waals surface area contributed by atoms with Crippen LogP contribution in [-0.4, -0.2) is 14.9 Å². The lowest BCUT2D eigenvalue weighted by Crippen LogP contribution is -2.02. The molecule has 0 aromatic carbocycles. The lowest BCUT2D eigenvalue weighted by atomic mass is 10.2. The molecule has 1 heterocycles. The summed E-state index contributed by atoms with van der Waals surface area (Å²) in [6, 6.07) is 0. The van der Waals surface area contributed by atoms with E-state index in [0.717, 1.165) is 24.2 Å². The largest absolute Gasteiger partial charge is 0.392 e. The zero-order valence-electron chi connectivity index (χ0n) is 7.04. The van der Waals surface area contributed by atoms with Crippen molar-refractivity contribution in [1.29, 1.82) is 0 Å². The van der Waals surface area contributed by atoms with Gasteiger partial charge >= 0.3 is 0 Å². The fraction of sp³-hybridized carbons (Fsp3) is 0.625. The van der Waals surface area contributed by atoms with Crippen molar-refractivity contribution in [2.45, 2.75) is 33.4 Å². The first kappa shape index (κ1) is 8.27. The maximum atomic E-state index is 8.91. The second-order valence-corrected chi connectivity index (χ2v) is 2.44. The van der Waals surface area contributed by atoms with Crippen molar-refractivity contribution in [3.63, 3.8) is 0 Å². The minimum Gasteiger partial charge on any atom is -0.392 e. The predicted molar refractivity (Wildman–Crippen MR) is 43.2 cm³/mol. The topological polar surface area (TPSA) is 38.1 Å². The van der Waals surface area contributed by atoms with Gasteiger partial charge in [-0.15, -0.1) is 0 Å². The van der Waals surface area contributed by atoms with Crippen molar-refractivity contribution >= 4 is 0 Å². The van der Waals surface area contributed by atoms with Gasteiger partial charge < -0.3 is 5.11 Å². The molecule has 11 heavy (non-hydrogen) atoms. The van der Waals surface area contributed by atoms with Gasteiger partial charge in [0.2, 0.25) is 0 Å². The molecule has 0 bridgehead atoms. The molecule has 0 saturated carbocycles. The van der Waals surface area contributed by atoms with Crippen LogP contribution in [0.5, 0.6) is 0 Å². The van der Waals surface area contributed by atoms with Crippen LogP contribution >= 0.6 is 0 Å². The Morgan fingerprint density at radius 1 is 1.55 bits per heavy atom. The zero-order valence-corrected chi connectivity index (χ0v) is 7.04. The van der Waals surface area contributed by atoms with E-state index in [-0.39, 0.29) is 6.61 Å². The highest BCUT2D eigenvalue weighted by atomic mass is 16.3. The number of hydrogen-bond donors (Lipinski definition) is 1. The molecule has 0 atom stereocenters. The summed E-state index contributed by atoms with van der Waals surface area (Å²) in [4.78, 5) is 0. The predicted octanol–water partition coefficient (Wildman–Crippen LogP) is 0.958. The van der Waals surface area contributed by atoms with E-state index in [9.17, 15) is 0 Å². The summed E-state index contributed by atoms with van der Waals surface area (Å²) >= 11 is 0. The average Bonchev–Trinajstić information content (AvgIpc) is 2.45. The number of aliphatic hydroxyl groups excluding tert-OH is 1. The molecule has 0 aliphatic carbocycles. The Kier molecular flexibility index (Phi) is 2.65. The number of nitrogens with zero attached hydrogens (tertiary/aromatic N) is 2. The van der Waals surface area contributed by atoms with Gasteiger partial charge in [0, 0.05) is 17.8 Å². The van der Waals surface area contributed by atoms with E-state index < -0.39 is 0 Å². The van der Waals surface area contributed by atoms with Crippen LogP contribution in [0.4, 0.5) is 0 Å². The Bertz CT molecular complexity index is 208. The van der Waals surface area contributed by atoms with Crippen LogP contribution in [0.1, 0.15) is 25.1 Å². The van der Waals surface area contributed by atoms with Crippen molar-refractivity contribution in [2.24, 2.45) is 0 Å². The molecule has 62 valence electrons. The van der Waals surface area contributed by atoms with Gasteiger partial charge in [-0.25, -0.2) is 0 Å². The van der Waals surface area contributed by atoms with Gasteiger partial charge in [-0.2, -0.15) is 5.10 Å². The molecule has 0 amide bonds. The number of rotatable bonds is 3. The summed E-state index contributed by atoms with van der Waals surface area (Å²) < 4.78 is 1.92. The fourth-order valence-corrected chi connectivity index (χ4v) is 1.26. The van der Waals surface area contributed by atoms with Crippen molar-refractivity contribution in [3.05, 3.63) is 17.5 Å². The maximum absolute atomic E-state index is 8.91. The highest BCUT2D eigenvalue weighted by molar-refractivity contribution is 5.16. The molecule has 0 fully saturated rings. The third-order valence-electron chi connectivity index (χ3n) is 1.84. The highest BCUT2D eigenvalue weighted by Gasteiger charge is 2.05. The Balaban J connectivity index is 2.99. The normalized spacial score (nSPS) is 10.5. The molecule has 0 aliphatic heterocycles. The molecule has 1 aromatic heterocycles. The van der Waals surface area contributed by atoms with Gasteiger partial charge in [-0.05, 0) is 13.3 Å². The Labute approximate surface area is 66.7 Å². The fourth-order valence-electron chi connectivity index (χ4n) is 1.26. The quantitative estimate of drug-likeness (QED) is 0.704. The standard InChI is InChI=1S/C8H14N2O/c1-3-8-7(6-11)5-9-10(8)4-2/h5,11H,3-4,6H2,1-2H3. The average molecular weight is 154 g/mol. The summed E-state index contributed by atoms with van der Waals surface area (Å²) in [7, 11) is 0. The van der Waals surface area contributed by atoms with Gasteiger partial charge in [0.1, 0.15) is 0 Å². The van der Waals surface area contributed by atoms with Crippen LogP contribution < -0.4 is 0 Å². The summed E-state index contributed by atoms with van der Waals surface area (Å²) in [5.74, 6) is 0. The zero-order chi connectivity index (χ0) is 8.27. The number of aryl methyl sites for hydroxylation is 1. The molecule has 0 unspecified atom stereocenters. The van der Waals surface area contributed by atoms with E-state index in [1.54, 1.807) is 6.20 Å². The molecular formula is C8H14N2O. The van der Waals surface area contributed by atoms with E-state index in [0.29, 0.717) is 0 Å². The number of aliphatic hydroxyl groups is 1. The lowest BCUT2D eigenvalue weighted by Gasteiger charge is -2.02. The number of aromatic nitrogens is 2. The van der Waals surface area contributed by atoms with Crippen LogP contribution in [0, 0.1) is 0 Å². The van der Waals surface area contributed by atoms with E-state index in [4.69, 9.17) is 5.11 Å². The second-order valence-electron chi connectivity index (χ2n) is 2.44. The maximum Gasteiger partial charge on any atom is 0.0715 e. The monoisotopic (exact) mass is 154 g/mol. The minimum atomic E-state index is 0.100.